The van der Waals surface area contributed by atoms with Gasteiger partial charge in [0.2, 0.25) is 5.91 Å². The molecule has 0 unspecified atom stereocenters. The number of rotatable bonds is 5. The average molecular weight is 437 g/mol. The van der Waals surface area contributed by atoms with E-state index in [1.807, 2.05) is 35.2 Å². The summed E-state index contributed by atoms with van der Waals surface area (Å²) in [5.41, 5.74) is 0.767. The fourth-order valence-corrected chi connectivity index (χ4v) is 4.76. The number of carbonyl (C=O) groups excluding carboxylic acids is 2. The predicted octanol–water partition coefficient (Wildman–Crippen LogP) is 2.43. The van der Waals surface area contributed by atoms with Crippen molar-refractivity contribution in [2.75, 3.05) is 26.7 Å². The predicted molar refractivity (Wildman–Crippen MR) is 123 cm³/mol. The minimum atomic E-state index is -0.417. The van der Waals surface area contributed by atoms with Crippen molar-refractivity contribution >= 4 is 11.8 Å². The van der Waals surface area contributed by atoms with Crippen molar-refractivity contribution < 1.29 is 9.59 Å². The van der Waals surface area contributed by atoms with Crippen molar-refractivity contribution in [1.29, 1.82) is 0 Å². The number of pyridine rings is 1. The molecule has 1 aliphatic heterocycles. The molecule has 1 aliphatic carbocycles. The zero-order chi connectivity index (χ0) is 22.5. The highest BCUT2D eigenvalue weighted by Gasteiger charge is 2.30. The Morgan fingerprint density at radius 3 is 2.50 bits per heavy atom. The number of nitrogens with one attached hydrogen (secondary N) is 1. The summed E-state index contributed by atoms with van der Waals surface area (Å²) in [7, 11) is 2.05. The van der Waals surface area contributed by atoms with Gasteiger partial charge in [-0.3, -0.25) is 14.4 Å². The van der Waals surface area contributed by atoms with E-state index in [1.54, 1.807) is 18.3 Å². The molecule has 0 radical (unpaired) electrons. The van der Waals surface area contributed by atoms with E-state index in [4.69, 9.17) is 0 Å². The van der Waals surface area contributed by atoms with Crippen LogP contribution in [0.25, 0.3) is 0 Å². The van der Waals surface area contributed by atoms with E-state index >= 15 is 0 Å². The molecule has 1 aromatic carbocycles. The third-order valence-electron chi connectivity index (χ3n) is 6.60. The number of carbonyl (C=O) groups is 2. The molecule has 0 spiro atoms. The lowest BCUT2D eigenvalue weighted by Crippen LogP contribution is -2.50. The number of benzene rings is 1. The summed E-state index contributed by atoms with van der Waals surface area (Å²) in [6.07, 6.45) is 6.90. The van der Waals surface area contributed by atoms with E-state index in [-0.39, 0.29) is 36.0 Å². The molecular formula is C25H32N4O3. The summed E-state index contributed by atoms with van der Waals surface area (Å²) < 4.78 is 1.36. The zero-order valence-corrected chi connectivity index (χ0v) is 18.7. The molecule has 1 aromatic heterocycles. The van der Waals surface area contributed by atoms with Gasteiger partial charge in [0.15, 0.2) is 0 Å². The van der Waals surface area contributed by atoms with Crippen LogP contribution in [-0.2, 0) is 11.3 Å². The SMILES string of the molecule is CN1CCN(C(=O)Cn2cccc(C(=O)NC3CCCCC3)c2=O)[C@@H](c2ccccc2)C1. The molecule has 170 valence electrons. The molecule has 2 aliphatic rings. The van der Waals surface area contributed by atoms with Crippen molar-refractivity contribution in [3.8, 4) is 0 Å². The van der Waals surface area contributed by atoms with Crippen molar-refractivity contribution in [3.63, 3.8) is 0 Å². The van der Waals surface area contributed by atoms with Gasteiger partial charge in [-0.05, 0) is 37.6 Å². The van der Waals surface area contributed by atoms with E-state index in [9.17, 15) is 14.4 Å². The largest absolute Gasteiger partial charge is 0.349 e. The quantitative estimate of drug-likeness (QED) is 0.781. The monoisotopic (exact) mass is 436 g/mol. The minimum Gasteiger partial charge on any atom is -0.349 e. The summed E-state index contributed by atoms with van der Waals surface area (Å²) >= 11 is 0. The van der Waals surface area contributed by atoms with E-state index in [1.165, 1.54) is 11.0 Å². The number of nitrogens with zero attached hydrogens (tertiary/aromatic N) is 3. The van der Waals surface area contributed by atoms with Crippen molar-refractivity contribution in [1.82, 2.24) is 19.7 Å². The standard InChI is InChI=1S/C25H32N4O3/c1-27-15-16-29(22(17-27)19-9-4-2-5-10-19)23(30)18-28-14-8-13-21(25(28)32)24(31)26-20-11-6-3-7-12-20/h2,4-5,8-10,13-14,20,22H,3,6-7,11-12,15-18H2,1H3,(H,26,31)/t22-/m1/s1. The molecule has 1 saturated heterocycles. The lowest BCUT2D eigenvalue weighted by atomic mass is 9.95. The first-order chi connectivity index (χ1) is 15.5. The maximum Gasteiger partial charge on any atom is 0.263 e. The molecular weight excluding hydrogens is 404 g/mol. The molecule has 0 bridgehead atoms. The van der Waals surface area contributed by atoms with Crippen LogP contribution in [0.1, 0.15) is 54.1 Å². The summed E-state index contributed by atoms with van der Waals surface area (Å²) in [5, 5.41) is 3.00. The fraction of sp³-hybridized carbons (Fsp3) is 0.480. The Morgan fingerprint density at radius 1 is 1.00 bits per heavy atom. The van der Waals surface area contributed by atoms with Gasteiger partial charge in [0.25, 0.3) is 11.5 Å². The minimum absolute atomic E-state index is 0.0593. The molecule has 4 rings (SSSR count). The number of amides is 2. The summed E-state index contributed by atoms with van der Waals surface area (Å²) in [6, 6.07) is 13.3. The summed E-state index contributed by atoms with van der Waals surface area (Å²) in [4.78, 5) is 43.0. The van der Waals surface area contributed by atoms with E-state index < -0.39 is 5.56 Å². The Morgan fingerprint density at radius 2 is 1.75 bits per heavy atom. The highest BCUT2D eigenvalue weighted by molar-refractivity contribution is 5.94. The van der Waals surface area contributed by atoms with Gasteiger partial charge in [0.1, 0.15) is 12.1 Å². The lowest BCUT2D eigenvalue weighted by molar-refractivity contribution is -0.136. The lowest BCUT2D eigenvalue weighted by Gasteiger charge is -2.40. The van der Waals surface area contributed by atoms with Crippen LogP contribution in [-0.4, -0.2) is 58.9 Å². The van der Waals surface area contributed by atoms with Gasteiger partial charge in [-0.1, -0.05) is 49.6 Å². The zero-order valence-electron chi connectivity index (χ0n) is 18.7. The molecule has 1 N–H and O–H groups in total. The van der Waals surface area contributed by atoms with Crippen LogP contribution in [0.15, 0.2) is 53.5 Å². The van der Waals surface area contributed by atoms with Gasteiger partial charge in [-0.25, -0.2) is 0 Å². The van der Waals surface area contributed by atoms with Crippen molar-refractivity contribution in [2.45, 2.75) is 50.7 Å². The second kappa shape index (κ2) is 10.1. The van der Waals surface area contributed by atoms with E-state index in [0.717, 1.165) is 44.3 Å². The van der Waals surface area contributed by atoms with Gasteiger partial charge < -0.3 is 19.7 Å². The van der Waals surface area contributed by atoms with Gasteiger partial charge in [0.05, 0.1) is 6.04 Å². The van der Waals surface area contributed by atoms with Crippen LogP contribution >= 0.6 is 0 Å². The first-order valence-corrected chi connectivity index (χ1v) is 11.6. The smallest absolute Gasteiger partial charge is 0.263 e. The number of hydrogen-bond donors (Lipinski definition) is 1. The number of piperazine rings is 1. The molecule has 7 heteroatoms. The van der Waals surface area contributed by atoms with Crippen LogP contribution in [0.3, 0.4) is 0 Å². The molecule has 32 heavy (non-hydrogen) atoms. The first kappa shape index (κ1) is 22.3. The molecule has 1 saturated carbocycles. The van der Waals surface area contributed by atoms with Crippen LogP contribution in [0.4, 0.5) is 0 Å². The third kappa shape index (κ3) is 5.10. The Kier molecular flexibility index (Phi) is 7.05. The number of hydrogen-bond acceptors (Lipinski definition) is 4. The second-order valence-electron chi connectivity index (χ2n) is 8.94. The van der Waals surface area contributed by atoms with Gasteiger partial charge >= 0.3 is 0 Å². The maximum absolute atomic E-state index is 13.3. The van der Waals surface area contributed by atoms with Crippen LogP contribution < -0.4 is 10.9 Å². The van der Waals surface area contributed by atoms with Gasteiger partial charge in [-0.15, -0.1) is 0 Å². The van der Waals surface area contributed by atoms with Gasteiger partial charge in [-0.2, -0.15) is 0 Å². The first-order valence-electron chi connectivity index (χ1n) is 11.6. The Balaban J connectivity index is 1.49. The molecule has 1 atom stereocenters. The molecule has 2 aromatic rings. The molecule has 2 amide bonds. The summed E-state index contributed by atoms with van der Waals surface area (Å²) in [6.45, 7) is 2.06. The normalized spacial score (nSPS) is 20.2. The van der Waals surface area contributed by atoms with Crippen LogP contribution in [0.5, 0.6) is 0 Å². The molecule has 2 fully saturated rings. The molecule has 7 nitrogen and oxygen atoms in total. The number of likely N-dealkylation sites (N-methyl/N-ethyl adjacent to an activating group) is 1. The Bertz CT molecular complexity index is 998. The third-order valence-corrected chi connectivity index (χ3v) is 6.60. The van der Waals surface area contributed by atoms with E-state index in [0.29, 0.717) is 6.54 Å². The van der Waals surface area contributed by atoms with Crippen molar-refractivity contribution in [2.24, 2.45) is 0 Å². The topological polar surface area (TPSA) is 74.7 Å². The number of aromatic nitrogens is 1. The second-order valence-corrected chi connectivity index (χ2v) is 8.94. The maximum atomic E-state index is 13.3. The average Bonchev–Trinajstić information content (AvgIpc) is 2.81. The van der Waals surface area contributed by atoms with Crippen molar-refractivity contribution in [3.05, 3.63) is 70.1 Å². The summed E-state index contributed by atoms with van der Waals surface area (Å²) in [5.74, 6) is -0.454. The highest BCUT2D eigenvalue weighted by Crippen LogP contribution is 2.25. The fourth-order valence-electron chi connectivity index (χ4n) is 4.76. The van der Waals surface area contributed by atoms with Gasteiger partial charge in [0, 0.05) is 31.9 Å². The highest BCUT2D eigenvalue weighted by atomic mass is 16.2. The van der Waals surface area contributed by atoms with Crippen LogP contribution in [0.2, 0.25) is 0 Å². The molecule has 2 heterocycles. The Labute approximate surface area is 189 Å². The van der Waals surface area contributed by atoms with E-state index in [2.05, 4.69) is 17.3 Å². The van der Waals surface area contributed by atoms with Crippen LogP contribution in [0, 0.1) is 0 Å². The Hall–Kier alpha value is -2.93.